The van der Waals surface area contributed by atoms with Crippen molar-refractivity contribution in [2.24, 2.45) is 0 Å². The van der Waals surface area contributed by atoms with E-state index in [-0.39, 0.29) is 6.10 Å². The van der Waals surface area contributed by atoms with Gasteiger partial charge < -0.3 is 4.74 Å². The van der Waals surface area contributed by atoms with Gasteiger partial charge in [0.2, 0.25) is 0 Å². The van der Waals surface area contributed by atoms with E-state index in [4.69, 9.17) is 16.3 Å². The van der Waals surface area contributed by atoms with Gasteiger partial charge in [-0.25, -0.2) is 0 Å². The standard InChI is InChI=1S/C16H21ClO/c1-2-10-16(15-11-6-5-7-12-15)18-14-9-4-3-8-13-17/h5-7,11-12,16H,2-3,8,10,13-14H2,1H3. The Balaban J connectivity index is 2.41. The molecule has 0 spiro atoms. The second-order valence-electron chi connectivity index (χ2n) is 4.15. The number of unbranched alkanes of at least 4 members (excludes halogenated alkanes) is 1. The molecule has 0 amide bonds. The summed E-state index contributed by atoms with van der Waals surface area (Å²) in [5.74, 6) is 6.80. The second-order valence-corrected chi connectivity index (χ2v) is 4.52. The Morgan fingerprint density at radius 1 is 1.22 bits per heavy atom. The third-order valence-corrected chi connectivity index (χ3v) is 2.91. The highest BCUT2D eigenvalue weighted by Crippen LogP contribution is 2.21. The highest BCUT2D eigenvalue weighted by Gasteiger charge is 2.09. The summed E-state index contributed by atoms with van der Waals surface area (Å²) in [6.07, 6.45) is 4.12. The third kappa shape index (κ3) is 6.10. The zero-order valence-corrected chi connectivity index (χ0v) is 11.7. The van der Waals surface area contributed by atoms with Crippen LogP contribution in [0.2, 0.25) is 0 Å². The van der Waals surface area contributed by atoms with E-state index in [1.165, 1.54) is 5.56 Å². The van der Waals surface area contributed by atoms with Crippen LogP contribution >= 0.6 is 11.6 Å². The average molecular weight is 265 g/mol. The molecule has 0 aromatic heterocycles. The molecule has 0 aliphatic heterocycles. The molecule has 0 radical (unpaired) electrons. The maximum absolute atomic E-state index is 5.84. The van der Waals surface area contributed by atoms with Crippen molar-refractivity contribution >= 4 is 11.6 Å². The summed E-state index contributed by atoms with van der Waals surface area (Å²) >= 11 is 5.59. The minimum Gasteiger partial charge on any atom is -0.361 e. The molecule has 0 heterocycles. The van der Waals surface area contributed by atoms with Crippen LogP contribution in [0.4, 0.5) is 0 Å². The van der Waals surface area contributed by atoms with Gasteiger partial charge in [-0.05, 0) is 18.4 Å². The van der Waals surface area contributed by atoms with Gasteiger partial charge in [-0.2, -0.15) is 0 Å². The van der Waals surface area contributed by atoms with Gasteiger partial charge in [0.1, 0.15) is 6.61 Å². The summed E-state index contributed by atoms with van der Waals surface area (Å²) in [5, 5.41) is 0. The Kier molecular flexibility index (Phi) is 8.38. The number of halogens is 1. The van der Waals surface area contributed by atoms with Crippen LogP contribution in [0.1, 0.15) is 44.3 Å². The van der Waals surface area contributed by atoms with Crippen molar-refractivity contribution < 1.29 is 4.74 Å². The summed E-state index contributed by atoms with van der Waals surface area (Å²) < 4.78 is 5.84. The quantitative estimate of drug-likeness (QED) is 0.398. The van der Waals surface area contributed by atoms with Gasteiger partial charge in [-0.1, -0.05) is 49.6 Å². The average Bonchev–Trinajstić information content (AvgIpc) is 2.42. The SMILES string of the molecule is CCCC(OCC#CCCCCl)c1ccccc1. The van der Waals surface area contributed by atoms with Crippen LogP contribution in [-0.4, -0.2) is 12.5 Å². The smallest absolute Gasteiger partial charge is 0.108 e. The second kappa shape index (κ2) is 10.00. The summed E-state index contributed by atoms with van der Waals surface area (Å²) in [6.45, 7) is 2.67. The maximum atomic E-state index is 5.84. The van der Waals surface area contributed by atoms with Crippen LogP contribution in [-0.2, 0) is 4.74 Å². The molecule has 1 nitrogen and oxygen atoms in total. The van der Waals surface area contributed by atoms with E-state index < -0.39 is 0 Å². The normalized spacial score (nSPS) is 11.7. The van der Waals surface area contributed by atoms with E-state index in [0.717, 1.165) is 25.7 Å². The lowest BCUT2D eigenvalue weighted by atomic mass is 10.1. The molecule has 1 aromatic carbocycles. The largest absolute Gasteiger partial charge is 0.361 e. The molecule has 1 rings (SSSR count). The van der Waals surface area contributed by atoms with Gasteiger partial charge in [0.15, 0.2) is 0 Å². The number of alkyl halides is 1. The Morgan fingerprint density at radius 3 is 2.67 bits per heavy atom. The van der Waals surface area contributed by atoms with Crippen molar-refractivity contribution in [2.45, 2.75) is 38.7 Å². The molecule has 0 aliphatic rings. The van der Waals surface area contributed by atoms with Crippen LogP contribution < -0.4 is 0 Å². The van der Waals surface area contributed by atoms with E-state index in [9.17, 15) is 0 Å². The van der Waals surface area contributed by atoms with E-state index in [1.54, 1.807) is 0 Å². The summed E-state index contributed by atoms with van der Waals surface area (Å²) in [4.78, 5) is 0. The Hall–Kier alpha value is -0.970. The molecule has 0 aliphatic carbocycles. The first-order valence-electron chi connectivity index (χ1n) is 6.56. The van der Waals surface area contributed by atoms with Gasteiger partial charge in [0.05, 0.1) is 6.10 Å². The van der Waals surface area contributed by atoms with Crippen LogP contribution in [0.5, 0.6) is 0 Å². The van der Waals surface area contributed by atoms with Gasteiger partial charge in [0, 0.05) is 12.3 Å². The Morgan fingerprint density at radius 2 is 2.00 bits per heavy atom. The first-order chi connectivity index (χ1) is 8.88. The molecule has 0 saturated heterocycles. The van der Waals surface area contributed by atoms with E-state index >= 15 is 0 Å². The lowest BCUT2D eigenvalue weighted by molar-refractivity contribution is 0.0704. The molecule has 1 unspecified atom stereocenters. The molecule has 0 N–H and O–H groups in total. The van der Waals surface area contributed by atoms with Crippen molar-refractivity contribution in [3.05, 3.63) is 35.9 Å². The van der Waals surface area contributed by atoms with Crippen molar-refractivity contribution in [3.63, 3.8) is 0 Å². The molecule has 1 atom stereocenters. The number of ether oxygens (including phenoxy) is 1. The van der Waals surface area contributed by atoms with Crippen LogP contribution in [0.25, 0.3) is 0 Å². The molecule has 18 heavy (non-hydrogen) atoms. The number of hydrogen-bond donors (Lipinski definition) is 0. The van der Waals surface area contributed by atoms with Crippen molar-refractivity contribution in [3.8, 4) is 11.8 Å². The molecular weight excluding hydrogens is 244 g/mol. The predicted octanol–water partition coefficient (Wildman–Crippen LogP) is 4.57. The van der Waals surface area contributed by atoms with E-state index in [0.29, 0.717) is 12.5 Å². The Labute approximate surface area is 115 Å². The number of benzene rings is 1. The summed E-state index contributed by atoms with van der Waals surface area (Å²) in [6, 6.07) is 10.3. The summed E-state index contributed by atoms with van der Waals surface area (Å²) in [7, 11) is 0. The van der Waals surface area contributed by atoms with Crippen molar-refractivity contribution in [2.75, 3.05) is 12.5 Å². The Bertz CT molecular complexity index is 364. The zero-order valence-electron chi connectivity index (χ0n) is 11.0. The molecule has 98 valence electrons. The van der Waals surface area contributed by atoms with E-state index in [1.807, 2.05) is 18.2 Å². The van der Waals surface area contributed by atoms with Crippen LogP contribution in [0.3, 0.4) is 0 Å². The molecule has 0 bridgehead atoms. The monoisotopic (exact) mass is 264 g/mol. The fourth-order valence-corrected chi connectivity index (χ4v) is 1.85. The fraction of sp³-hybridized carbons (Fsp3) is 0.500. The molecule has 2 heteroatoms. The topological polar surface area (TPSA) is 9.23 Å². The van der Waals surface area contributed by atoms with Gasteiger partial charge in [-0.15, -0.1) is 17.5 Å². The maximum Gasteiger partial charge on any atom is 0.108 e. The number of hydrogen-bond acceptors (Lipinski definition) is 1. The first kappa shape index (κ1) is 15.1. The van der Waals surface area contributed by atoms with Crippen molar-refractivity contribution in [1.82, 2.24) is 0 Å². The predicted molar refractivity (Wildman–Crippen MR) is 77.8 cm³/mol. The van der Waals surface area contributed by atoms with Crippen LogP contribution in [0, 0.1) is 11.8 Å². The molecular formula is C16H21ClO. The first-order valence-corrected chi connectivity index (χ1v) is 7.10. The summed E-state index contributed by atoms with van der Waals surface area (Å²) in [5.41, 5.74) is 1.24. The highest BCUT2D eigenvalue weighted by atomic mass is 35.5. The highest BCUT2D eigenvalue weighted by molar-refractivity contribution is 6.17. The van der Waals surface area contributed by atoms with Crippen molar-refractivity contribution in [1.29, 1.82) is 0 Å². The molecule has 0 saturated carbocycles. The number of rotatable bonds is 7. The third-order valence-electron chi connectivity index (χ3n) is 2.64. The lowest BCUT2D eigenvalue weighted by Gasteiger charge is -2.15. The molecule has 1 aromatic rings. The fourth-order valence-electron chi connectivity index (χ4n) is 1.71. The minimum atomic E-state index is 0.165. The van der Waals surface area contributed by atoms with Gasteiger partial charge in [0.25, 0.3) is 0 Å². The molecule has 0 fully saturated rings. The van der Waals surface area contributed by atoms with Gasteiger partial charge >= 0.3 is 0 Å². The van der Waals surface area contributed by atoms with Gasteiger partial charge in [-0.3, -0.25) is 0 Å². The minimum absolute atomic E-state index is 0.165. The lowest BCUT2D eigenvalue weighted by Crippen LogP contribution is -2.04. The van der Waals surface area contributed by atoms with E-state index in [2.05, 4.69) is 30.9 Å². The van der Waals surface area contributed by atoms with Crippen LogP contribution in [0.15, 0.2) is 30.3 Å². The zero-order chi connectivity index (χ0) is 13.1.